The lowest BCUT2D eigenvalue weighted by Crippen LogP contribution is -2.11. The fraction of sp³-hybridized carbons (Fsp3) is 0.500. The maximum atomic E-state index is 8.86. The maximum absolute atomic E-state index is 8.86. The van der Waals surface area contributed by atoms with E-state index in [1.54, 1.807) is 0 Å². The third-order valence-corrected chi connectivity index (χ3v) is 1.91. The smallest absolute Gasteiger partial charge is 0.231 e. The average Bonchev–Trinajstić information content (AvgIpc) is 2.29. The van der Waals surface area contributed by atoms with Crippen LogP contribution in [-0.2, 0) is 4.74 Å². The van der Waals surface area contributed by atoms with Crippen LogP contribution in [0.5, 0.6) is 5.88 Å². The molecule has 0 fully saturated rings. The number of ether oxygens (including phenoxy) is 2. The highest BCUT2D eigenvalue weighted by Gasteiger charge is 2.05. The minimum Gasteiger partial charge on any atom is -0.474 e. The SMILES string of the molecule is CC(C)COCCOc1ncc(N)cc1C#N. The molecular formula is C12H17N3O2. The molecule has 0 aromatic carbocycles. The molecule has 17 heavy (non-hydrogen) atoms. The first kappa shape index (κ1) is 13.3. The molecule has 1 rings (SSSR count). The van der Waals surface area contributed by atoms with Gasteiger partial charge in [0, 0.05) is 6.61 Å². The van der Waals surface area contributed by atoms with Crippen LogP contribution in [0.15, 0.2) is 12.3 Å². The molecule has 2 N–H and O–H groups in total. The van der Waals surface area contributed by atoms with Crippen molar-refractivity contribution in [2.75, 3.05) is 25.6 Å². The van der Waals surface area contributed by atoms with E-state index in [-0.39, 0.29) is 0 Å². The molecule has 0 bridgehead atoms. The molecule has 0 aliphatic rings. The number of hydrogen-bond acceptors (Lipinski definition) is 5. The summed E-state index contributed by atoms with van der Waals surface area (Å²) in [6, 6.07) is 3.53. The van der Waals surface area contributed by atoms with Gasteiger partial charge in [-0.25, -0.2) is 4.98 Å². The molecule has 5 heteroatoms. The average molecular weight is 235 g/mol. The highest BCUT2D eigenvalue weighted by atomic mass is 16.5. The summed E-state index contributed by atoms with van der Waals surface area (Å²) in [7, 11) is 0. The normalized spacial score (nSPS) is 10.2. The van der Waals surface area contributed by atoms with Crippen molar-refractivity contribution >= 4 is 5.69 Å². The van der Waals surface area contributed by atoms with Crippen molar-refractivity contribution in [1.29, 1.82) is 5.26 Å². The molecule has 0 aliphatic heterocycles. The zero-order chi connectivity index (χ0) is 12.7. The number of nitrogens with zero attached hydrogens (tertiary/aromatic N) is 2. The number of hydrogen-bond donors (Lipinski definition) is 1. The summed E-state index contributed by atoms with van der Waals surface area (Å²) in [6.45, 7) is 5.71. The van der Waals surface area contributed by atoms with Crippen LogP contribution >= 0.6 is 0 Å². The van der Waals surface area contributed by atoms with Crippen LogP contribution in [0.3, 0.4) is 0 Å². The lowest BCUT2D eigenvalue weighted by Gasteiger charge is -2.09. The van der Waals surface area contributed by atoms with Crippen LogP contribution in [0.4, 0.5) is 5.69 Å². The van der Waals surface area contributed by atoms with Gasteiger partial charge >= 0.3 is 0 Å². The molecule has 1 aromatic heterocycles. The Morgan fingerprint density at radius 1 is 1.47 bits per heavy atom. The first-order valence-electron chi connectivity index (χ1n) is 5.49. The standard InChI is InChI=1S/C12H17N3O2/c1-9(2)8-16-3-4-17-12-10(6-13)5-11(14)7-15-12/h5,7,9H,3-4,8,14H2,1-2H3. The monoisotopic (exact) mass is 235 g/mol. The minimum absolute atomic E-state index is 0.301. The van der Waals surface area contributed by atoms with E-state index in [9.17, 15) is 0 Å². The van der Waals surface area contributed by atoms with Gasteiger partial charge < -0.3 is 15.2 Å². The van der Waals surface area contributed by atoms with Gasteiger partial charge in [-0.05, 0) is 12.0 Å². The third kappa shape index (κ3) is 4.70. The molecule has 5 nitrogen and oxygen atoms in total. The van der Waals surface area contributed by atoms with Crippen molar-refractivity contribution in [3.05, 3.63) is 17.8 Å². The lowest BCUT2D eigenvalue weighted by atomic mass is 10.2. The molecule has 0 unspecified atom stereocenters. The Labute approximate surface area is 101 Å². The molecule has 0 saturated carbocycles. The van der Waals surface area contributed by atoms with Crippen LogP contribution < -0.4 is 10.5 Å². The van der Waals surface area contributed by atoms with Crippen LogP contribution in [-0.4, -0.2) is 24.8 Å². The van der Waals surface area contributed by atoms with Gasteiger partial charge in [0.05, 0.1) is 18.5 Å². The van der Waals surface area contributed by atoms with Crippen molar-refractivity contribution in [3.63, 3.8) is 0 Å². The minimum atomic E-state index is 0.301. The Morgan fingerprint density at radius 3 is 2.88 bits per heavy atom. The van der Waals surface area contributed by atoms with Crippen LogP contribution in [0.1, 0.15) is 19.4 Å². The zero-order valence-electron chi connectivity index (χ0n) is 10.1. The summed E-state index contributed by atoms with van der Waals surface area (Å²) in [5.74, 6) is 0.800. The Kier molecular flexibility index (Phi) is 5.24. The molecule has 0 amide bonds. The van der Waals surface area contributed by atoms with E-state index in [4.69, 9.17) is 20.5 Å². The van der Waals surface area contributed by atoms with Crippen molar-refractivity contribution in [2.45, 2.75) is 13.8 Å². The van der Waals surface area contributed by atoms with Crippen molar-refractivity contribution < 1.29 is 9.47 Å². The Morgan fingerprint density at radius 2 is 2.24 bits per heavy atom. The van der Waals surface area contributed by atoms with E-state index >= 15 is 0 Å². The number of nitriles is 1. The maximum Gasteiger partial charge on any atom is 0.231 e. The fourth-order valence-corrected chi connectivity index (χ4v) is 1.18. The molecule has 0 atom stereocenters. The van der Waals surface area contributed by atoms with Gasteiger partial charge in [-0.2, -0.15) is 5.26 Å². The highest BCUT2D eigenvalue weighted by molar-refractivity contribution is 5.48. The van der Waals surface area contributed by atoms with Gasteiger partial charge in [0.25, 0.3) is 0 Å². The highest BCUT2D eigenvalue weighted by Crippen LogP contribution is 2.16. The summed E-state index contributed by atoms with van der Waals surface area (Å²) < 4.78 is 10.7. The number of anilines is 1. The Balaban J connectivity index is 2.39. The summed E-state index contributed by atoms with van der Waals surface area (Å²) in [4.78, 5) is 3.96. The Hall–Kier alpha value is -1.80. The summed E-state index contributed by atoms with van der Waals surface area (Å²) in [6.07, 6.45) is 1.46. The van der Waals surface area contributed by atoms with Gasteiger partial charge in [-0.15, -0.1) is 0 Å². The van der Waals surface area contributed by atoms with Gasteiger partial charge in [0.1, 0.15) is 18.2 Å². The van der Waals surface area contributed by atoms with E-state index in [2.05, 4.69) is 18.8 Å². The number of rotatable bonds is 6. The molecule has 1 aromatic rings. The number of aromatic nitrogens is 1. The Bertz CT molecular complexity index is 399. The van der Waals surface area contributed by atoms with Gasteiger partial charge in [0.2, 0.25) is 5.88 Å². The van der Waals surface area contributed by atoms with Crippen molar-refractivity contribution in [3.8, 4) is 11.9 Å². The van der Waals surface area contributed by atoms with E-state index in [1.807, 2.05) is 6.07 Å². The number of nitrogen functional groups attached to an aromatic ring is 1. The second-order valence-electron chi connectivity index (χ2n) is 4.05. The van der Waals surface area contributed by atoms with Gasteiger partial charge in [0.15, 0.2) is 0 Å². The summed E-state index contributed by atoms with van der Waals surface area (Å²) in [5, 5.41) is 8.86. The molecular weight excluding hydrogens is 218 g/mol. The van der Waals surface area contributed by atoms with Gasteiger partial charge in [-0.3, -0.25) is 0 Å². The first-order chi connectivity index (χ1) is 8.13. The fourth-order valence-electron chi connectivity index (χ4n) is 1.18. The number of pyridine rings is 1. The van der Waals surface area contributed by atoms with Crippen molar-refractivity contribution in [1.82, 2.24) is 4.98 Å². The van der Waals surface area contributed by atoms with E-state index < -0.39 is 0 Å². The van der Waals surface area contributed by atoms with E-state index in [0.29, 0.717) is 42.9 Å². The van der Waals surface area contributed by atoms with Gasteiger partial charge in [-0.1, -0.05) is 13.8 Å². The predicted octanol–water partition coefficient (Wildman–Crippen LogP) is 1.59. The number of nitrogens with two attached hydrogens (primary N) is 1. The third-order valence-electron chi connectivity index (χ3n) is 1.91. The second-order valence-corrected chi connectivity index (χ2v) is 4.05. The van der Waals surface area contributed by atoms with Crippen LogP contribution in [0.25, 0.3) is 0 Å². The second kappa shape index (κ2) is 6.71. The lowest BCUT2D eigenvalue weighted by molar-refractivity contribution is 0.0805. The molecule has 0 saturated heterocycles. The van der Waals surface area contributed by atoms with E-state index in [0.717, 1.165) is 0 Å². The predicted molar refractivity (Wildman–Crippen MR) is 64.5 cm³/mol. The van der Waals surface area contributed by atoms with Crippen LogP contribution in [0, 0.1) is 17.2 Å². The molecule has 0 spiro atoms. The molecule has 1 heterocycles. The molecule has 0 radical (unpaired) electrons. The van der Waals surface area contributed by atoms with Crippen LogP contribution in [0.2, 0.25) is 0 Å². The largest absolute Gasteiger partial charge is 0.474 e. The summed E-state index contributed by atoms with van der Waals surface area (Å²) in [5.41, 5.74) is 6.31. The first-order valence-corrected chi connectivity index (χ1v) is 5.49. The topological polar surface area (TPSA) is 81.2 Å². The quantitative estimate of drug-likeness (QED) is 0.757. The van der Waals surface area contributed by atoms with E-state index in [1.165, 1.54) is 12.3 Å². The molecule has 0 aliphatic carbocycles. The van der Waals surface area contributed by atoms with Crippen molar-refractivity contribution in [2.24, 2.45) is 5.92 Å². The zero-order valence-corrected chi connectivity index (χ0v) is 10.1. The summed E-state index contributed by atoms with van der Waals surface area (Å²) >= 11 is 0. The molecule has 92 valence electrons.